The Morgan fingerprint density at radius 1 is 1.21 bits per heavy atom. The van der Waals surface area contributed by atoms with Crippen LogP contribution in [0.25, 0.3) is 0 Å². The lowest BCUT2D eigenvalue weighted by Gasteiger charge is -2.36. The summed E-state index contributed by atoms with van der Waals surface area (Å²) in [6.45, 7) is 11.5. The molecule has 1 fully saturated rings. The van der Waals surface area contributed by atoms with Crippen LogP contribution in [0.1, 0.15) is 35.3 Å². The second kappa shape index (κ2) is 9.35. The number of benzene rings is 1. The topological polar surface area (TPSA) is 79.0 Å². The first-order valence-electron chi connectivity index (χ1n) is 9.69. The van der Waals surface area contributed by atoms with Gasteiger partial charge in [0.25, 0.3) is 5.91 Å². The van der Waals surface area contributed by atoms with E-state index in [9.17, 15) is 13.2 Å². The number of hydrogen-bond acceptors (Lipinski definition) is 5. The fourth-order valence-electron chi connectivity index (χ4n) is 3.42. The van der Waals surface area contributed by atoms with Crippen molar-refractivity contribution in [3.8, 4) is 0 Å². The minimum Gasteiger partial charge on any atom is -0.379 e. The summed E-state index contributed by atoms with van der Waals surface area (Å²) in [6, 6.07) is 3.44. The van der Waals surface area contributed by atoms with E-state index in [1.165, 1.54) is 24.5 Å². The van der Waals surface area contributed by atoms with Crippen molar-refractivity contribution in [2.75, 3.05) is 46.9 Å². The fraction of sp³-hybridized carbons (Fsp3) is 0.650. The number of hydrogen-bond donors (Lipinski definition) is 1. The van der Waals surface area contributed by atoms with E-state index in [4.69, 9.17) is 4.74 Å². The monoisotopic (exact) mass is 411 g/mol. The van der Waals surface area contributed by atoms with Crippen LogP contribution in [0.2, 0.25) is 0 Å². The summed E-state index contributed by atoms with van der Waals surface area (Å²) in [6.07, 6.45) is 0. The third kappa shape index (κ3) is 5.11. The van der Waals surface area contributed by atoms with Crippen LogP contribution < -0.4 is 5.32 Å². The molecule has 28 heavy (non-hydrogen) atoms. The Morgan fingerprint density at radius 3 is 2.36 bits per heavy atom. The minimum atomic E-state index is -3.62. The maximum absolute atomic E-state index is 12.8. The number of nitrogens with zero attached hydrogens (tertiary/aromatic N) is 2. The zero-order valence-electron chi connectivity index (χ0n) is 17.8. The lowest BCUT2D eigenvalue weighted by Crippen LogP contribution is -2.51. The summed E-state index contributed by atoms with van der Waals surface area (Å²) in [7, 11) is -0.632. The predicted octanol–water partition coefficient (Wildman–Crippen LogP) is 1.64. The Kier molecular flexibility index (Phi) is 7.61. The Hall–Kier alpha value is -1.48. The average molecular weight is 412 g/mol. The number of sulfonamides is 1. The molecule has 1 aromatic carbocycles. The smallest absolute Gasteiger partial charge is 0.251 e. The molecule has 1 aliphatic rings. The molecule has 1 N–H and O–H groups in total. The summed E-state index contributed by atoms with van der Waals surface area (Å²) in [5.41, 5.74) is 1.81. The Bertz CT molecular complexity index is 800. The molecule has 1 saturated heterocycles. The van der Waals surface area contributed by atoms with Crippen LogP contribution in [0.4, 0.5) is 0 Å². The van der Waals surface area contributed by atoms with Gasteiger partial charge in [-0.05, 0) is 43.0 Å². The van der Waals surface area contributed by atoms with E-state index in [1.807, 2.05) is 6.92 Å². The van der Waals surface area contributed by atoms with Gasteiger partial charge in [0.2, 0.25) is 10.0 Å². The first-order chi connectivity index (χ1) is 13.1. The third-order valence-electron chi connectivity index (χ3n) is 5.40. The predicted molar refractivity (Wildman–Crippen MR) is 110 cm³/mol. The molecule has 0 unspecified atom stereocenters. The molecule has 0 radical (unpaired) electrons. The zero-order valence-corrected chi connectivity index (χ0v) is 18.6. The maximum Gasteiger partial charge on any atom is 0.251 e. The van der Waals surface area contributed by atoms with Crippen molar-refractivity contribution in [3.63, 3.8) is 0 Å². The number of ether oxygens (including phenoxy) is 1. The van der Waals surface area contributed by atoms with Crippen LogP contribution in [-0.2, 0) is 14.8 Å². The van der Waals surface area contributed by atoms with Crippen molar-refractivity contribution in [1.82, 2.24) is 14.5 Å². The molecular formula is C20H33N3O4S. The van der Waals surface area contributed by atoms with Crippen molar-refractivity contribution in [2.24, 2.45) is 5.92 Å². The van der Waals surface area contributed by atoms with Crippen LogP contribution in [-0.4, -0.2) is 76.5 Å². The van der Waals surface area contributed by atoms with Gasteiger partial charge in [-0.15, -0.1) is 0 Å². The minimum absolute atomic E-state index is 0.177. The van der Waals surface area contributed by atoms with E-state index in [0.717, 1.165) is 18.7 Å². The molecule has 0 spiro atoms. The first-order valence-corrected chi connectivity index (χ1v) is 11.1. The van der Waals surface area contributed by atoms with Crippen LogP contribution >= 0.6 is 0 Å². The molecular weight excluding hydrogens is 378 g/mol. The molecule has 7 nitrogen and oxygen atoms in total. The van der Waals surface area contributed by atoms with Gasteiger partial charge in [-0.25, -0.2) is 12.7 Å². The van der Waals surface area contributed by atoms with Crippen molar-refractivity contribution in [1.29, 1.82) is 0 Å². The summed E-state index contributed by atoms with van der Waals surface area (Å²) in [5, 5.41) is 3.00. The van der Waals surface area contributed by atoms with Crippen molar-refractivity contribution < 1.29 is 17.9 Å². The highest BCUT2D eigenvalue weighted by Gasteiger charge is 2.26. The largest absolute Gasteiger partial charge is 0.379 e. The van der Waals surface area contributed by atoms with Gasteiger partial charge in [-0.2, -0.15) is 0 Å². The van der Waals surface area contributed by atoms with Gasteiger partial charge < -0.3 is 10.1 Å². The van der Waals surface area contributed by atoms with Gasteiger partial charge in [0.05, 0.1) is 18.1 Å². The molecule has 0 saturated carbocycles. The average Bonchev–Trinajstić information content (AvgIpc) is 2.64. The number of carbonyl (C=O) groups excluding carboxylic acids is 1. The van der Waals surface area contributed by atoms with Gasteiger partial charge in [0, 0.05) is 45.3 Å². The van der Waals surface area contributed by atoms with Crippen molar-refractivity contribution in [3.05, 3.63) is 28.8 Å². The first kappa shape index (κ1) is 22.8. The Labute approximate surface area is 169 Å². The number of rotatable bonds is 7. The summed E-state index contributed by atoms with van der Waals surface area (Å²) in [5.74, 6) is 0.125. The molecule has 1 atom stereocenters. The second-order valence-corrected chi connectivity index (χ2v) is 9.99. The number of morpholine rings is 1. The van der Waals surface area contributed by atoms with Crippen LogP contribution in [0.5, 0.6) is 0 Å². The number of aryl methyl sites for hydroxylation is 1. The van der Waals surface area contributed by atoms with Gasteiger partial charge in [0.1, 0.15) is 0 Å². The Morgan fingerprint density at radius 2 is 1.82 bits per heavy atom. The molecule has 158 valence electrons. The third-order valence-corrected chi connectivity index (χ3v) is 7.34. The van der Waals surface area contributed by atoms with Gasteiger partial charge in [0.15, 0.2) is 0 Å². The van der Waals surface area contributed by atoms with E-state index in [1.54, 1.807) is 13.0 Å². The normalized spacial score (nSPS) is 17.1. The maximum atomic E-state index is 12.8. The van der Waals surface area contributed by atoms with Crippen molar-refractivity contribution in [2.45, 2.75) is 38.6 Å². The van der Waals surface area contributed by atoms with E-state index >= 15 is 0 Å². The SMILES string of the molecule is Cc1cc(C(=O)NC[C@H](C(C)C)N2CCOCC2)cc(S(=O)(=O)N(C)C)c1C. The van der Waals surface area contributed by atoms with E-state index in [-0.39, 0.29) is 16.8 Å². The lowest BCUT2D eigenvalue weighted by atomic mass is 10.0. The molecule has 0 bridgehead atoms. The van der Waals surface area contributed by atoms with Gasteiger partial charge >= 0.3 is 0 Å². The highest BCUT2D eigenvalue weighted by Crippen LogP contribution is 2.23. The van der Waals surface area contributed by atoms with Crippen LogP contribution in [0, 0.1) is 19.8 Å². The fourth-order valence-corrected chi connectivity index (χ4v) is 4.63. The van der Waals surface area contributed by atoms with E-state index in [2.05, 4.69) is 24.1 Å². The zero-order chi connectivity index (χ0) is 21.1. The van der Waals surface area contributed by atoms with E-state index in [0.29, 0.717) is 36.8 Å². The molecule has 0 aromatic heterocycles. The van der Waals surface area contributed by atoms with Gasteiger partial charge in [-0.3, -0.25) is 9.69 Å². The van der Waals surface area contributed by atoms with E-state index < -0.39 is 10.0 Å². The molecule has 8 heteroatoms. The van der Waals surface area contributed by atoms with Crippen LogP contribution in [0.15, 0.2) is 17.0 Å². The van der Waals surface area contributed by atoms with Crippen molar-refractivity contribution >= 4 is 15.9 Å². The number of amides is 1. The Balaban J connectivity index is 2.20. The summed E-state index contributed by atoms with van der Waals surface area (Å²) < 4.78 is 31.8. The quantitative estimate of drug-likeness (QED) is 0.738. The molecule has 1 heterocycles. The summed E-state index contributed by atoms with van der Waals surface area (Å²) >= 11 is 0. The molecule has 1 aliphatic heterocycles. The highest BCUT2D eigenvalue weighted by molar-refractivity contribution is 7.89. The van der Waals surface area contributed by atoms with Crippen LogP contribution in [0.3, 0.4) is 0 Å². The lowest BCUT2D eigenvalue weighted by molar-refractivity contribution is 0.00672. The standard InChI is InChI=1S/C20H33N3O4S/c1-14(2)18(23-7-9-27-10-8-23)13-21-20(24)17-11-15(3)16(4)19(12-17)28(25,26)22(5)6/h11-12,14,18H,7-10,13H2,1-6H3,(H,21,24)/t18-/m1/s1. The highest BCUT2D eigenvalue weighted by atomic mass is 32.2. The van der Waals surface area contributed by atoms with Gasteiger partial charge in [-0.1, -0.05) is 13.8 Å². The molecule has 2 rings (SSSR count). The number of carbonyl (C=O) groups is 1. The molecule has 0 aliphatic carbocycles. The summed E-state index contributed by atoms with van der Waals surface area (Å²) in [4.78, 5) is 15.3. The number of nitrogens with one attached hydrogen (secondary N) is 1. The molecule has 1 aromatic rings. The molecule has 1 amide bonds. The second-order valence-electron chi connectivity index (χ2n) is 7.87.